The van der Waals surface area contributed by atoms with Crippen LogP contribution in [0.25, 0.3) is 22.0 Å². The zero-order chi connectivity index (χ0) is 14.2. The molecule has 0 radical (unpaired) electrons. The number of fused-ring (bicyclic) bond motifs is 1. The fourth-order valence-electron chi connectivity index (χ4n) is 2.20. The number of pyridine rings is 1. The van der Waals surface area contributed by atoms with Gasteiger partial charge in [-0.2, -0.15) is 0 Å². The van der Waals surface area contributed by atoms with Crippen molar-refractivity contribution in [2.45, 2.75) is 26.2 Å². The molecular weight excluding hydrogens is 246 g/mol. The van der Waals surface area contributed by atoms with Gasteiger partial charge in [-0.25, -0.2) is 9.97 Å². The van der Waals surface area contributed by atoms with Crippen LogP contribution >= 0.6 is 0 Å². The third-order valence-corrected chi connectivity index (χ3v) is 3.29. The lowest BCUT2D eigenvalue weighted by atomic mass is 9.95. The lowest BCUT2D eigenvalue weighted by Crippen LogP contribution is -2.15. The molecule has 0 unspecified atom stereocenters. The number of hydrogen-bond acceptors (Lipinski definition) is 3. The van der Waals surface area contributed by atoms with Crippen LogP contribution in [0, 0.1) is 0 Å². The van der Waals surface area contributed by atoms with E-state index in [0.29, 0.717) is 0 Å². The van der Waals surface area contributed by atoms with Crippen molar-refractivity contribution < 1.29 is 0 Å². The van der Waals surface area contributed by atoms with Gasteiger partial charge in [0, 0.05) is 29.4 Å². The summed E-state index contributed by atoms with van der Waals surface area (Å²) in [6, 6.07) is 10.2. The summed E-state index contributed by atoms with van der Waals surface area (Å²) >= 11 is 0. The predicted molar refractivity (Wildman–Crippen MR) is 81.5 cm³/mol. The Hall–Kier alpha value is -2.29. The largest absolute Gasteiger partial charge is 0.265 e. The maximum Gasteiger partial charge on any atom is 0.134 e. The SMILES string of the molecule is CC(C)(C)c1ncc2c(-c3ccncc3)cccc2n1. The zero-order valence-corrected chi connectivity index (χ0v) is 12.0. The van der Waals surface area contributed by atoms with Crippen molar-refractivity contribution >= 4 is 10.9 Å². The van der Waals surface area contributed by atoms with E-state index in [1.165, 1.54) is 0 Å². The van der Waals surface area contributed by atoms with Gasteiger partial charge < -0.3 is 0 Å². The molecule has 0 fully saturated rings. The average Bonchev–Trinajstić information content (AvgIpc) is 2.46. The van der Waals surface area contributed by atoms with E-state index >= 15 is 0 Å². The molecule has 0 spiro atoms. The summed E-state index contributed by atoms with van der Waals surface area (Å²) < 4.78 is 0. The molecule has 0 aliphatic rings. The molecule has 0 saturated carbocycles. The molecule has 2 aromatic heterocycles. The number of rotatable bonds is 1. The molecule has 0 amide bonds. The molecular formula is C17H17N3. The van der Waals surface area contributed by atoms with Crippen molar-refractivity contribution in [3.05, 3.63) is 54.7 Å². The summed E-state index contributed by atoms with van der Waals surface area (Å²) in [6.45, 7) is 6.38. The van der Waals surface area contributed by atoms with E-state index in [0.717, 1.165) is 27.9 Å². The van der Waals surface area contributed by atoms with Crippen LogP contribution in [-0.2, 0) is 5.41 Å². The third-order valence-electron chi connectivity index (χ3n) is 3.29. The van der Waals surface area contributed by atoms with Crippen molar-refractivity contribution in [3.8, 4) is 11.1 Å². The molecule has 2 heterocycles. The Kier molecular flexibility index (Phi) is 2.97. The van der Waals surface area contributed by atoms with Gasteiger partial charge in [0.2, 0.25) is 0 Å². The Morgan fingerprint density at radius 3 is 2.40 bits per heavy atom. The first-order valence-corrected chi connectivity index (χ1v) is 6.72. The lowest BCUT2D eigenvalue weighted by Gasteiger charge is -2.17. The highest BCUT2D eigenvalue weighted by atomic mass is 14.9. The second-order valence-corrected chi connectivity index (χ2v) is 5.92. The van der Waals surface area contributed by atoms with Gasteiger partial charge in [-0.15, -0.1) is 0 Å². The first-order valence-electron chi connectivity index (χ1n) is 6.72. The van der Waals surface area contributed by atoms with Gasteiger partial charge >= 0.3 is 0 Å². The average molecular weight is 263 g/mol. The zero-order valence-electron chi connectivity index (χ0n) is 12.0. The van der Waals surface area contributed by atoms with Crippen molar-refractivity contribution in [2.75, 3.05) is 0 Å². The highest BCUT2D eigenvalue weighted by Crippen LogP contribution is 2.28. The van der Waals surface area contributed by atoms with Gasteiger partial charge in [0.1, 0.15) is 5.82 Å². The topological polar surface area (TPSA) is 38.7 Å². The van der Waals surface area contributed by atoms with E-state index in [9.17, 15) is 0 Å². The fraction of sp³-hybridized carbons (Fsp3) is 0.235. The van der Waals surface area contributed by atoms with Gasteiger partial charge in [0.25, 0.3) is 0 Å². The van der Waals surface area contributed by atoms with E-state index in [1.807, 2.05) is 30.5 Å². The predicted octanol–water partition coefficient (Wildman–Crippen LogP) is 3.99. The molecule has 20 heavy (non-hydrogen) atoms. The molecule has 0 aliphatic carbocycles. The third kappa shape index (κ3) is 2.27. The van der Waals surface area contributed by atoms with Crippen molar-refractivity contribution in [1.29, 1.82) is 0 Å². The molecule has 3 aromatic rings. The van der Waals surface area contributed by atoms with E-state index in [-0.39, 0.29) is 5.41 Å². The highest BCUT2D eigenvalue weighted by Gasteiger charge is 2.18. The quantitative estimate of drug-likeness (QED) is 0.666. The molecule has 1 aromatic carbocycles. The second-order valence-electron chi connectivity index (χ2n) is 5.92. The first-order chi connectivity index (χ1) is 9.55. The van der Waals surface area contributed by atoms with E-state index in [4.69, 9.17) is 4.98 Å². The van der Waals surface area contributed by atoms with Crippen LogP contribution in [0.3, 0.4) is 0 Å². The molecule has 0 saturated heterocycles. The summed E-state index contributed by atoms with van der Waals surface area (Å²) in [5.74, 6) is 0.872. The van der Waals surface area contributed by atoms with Crippen LogP contribution in [0.15, 0.2) is 48.9 Å². The molecule has 0 atom stereocenters. The van der Waals surface area contributed by atoms with E-state index in [1.54, 1.807) is 12.4 Å². The summed E-state index contributed by atoms with van der Waals surface area (Å²) in [4.78, 5) is 13.3. The minimum atomic E-state index is -0.0408. The highest BCUT2D eigenvalue weighted by molar-refractivity contribution is 5.93. The van der Waals surface area contributed by atoms with Crippen LogP contribution in [0.2, 0.25) is 0 Å². The summed E-state index contributed by atoms with van der Waals surface area (Å²) in [6.07, 6.45) is 5.54. The normalized spacial score (nSPS) is 11.8. The number of aromatic nitrogens is 3. The van der Waals surface area contributed by atoms with Gasteiger partial charge in [0.15, 0.2) is 0 Å². The van der Waals surface area contributed by atoms with Crippen LogP contribution in [0.1, 0.15) is 26.6 Å². The molecule has 3 heteroatoms. The van der Waals surface area contributed by atoms with Gasteiger partial charge in [-0.1, -0.05) is 32.9 Å². The number of benzene rings is 1. The monoisotopic (exact) mass is 263 g/mol. The van der Waals surface area contributed by atoms with E-state index < -0.39 is 0 Å². The molecule has 0 bridgehead atoms. The van der Waals surface area contributed by atoms with Crippen LogP contribution in [-0.4, -0.2) is 15.0 Å². The number of hydrogen-bond donors (Lipinski definition) is 0. The Morgan fingerprint density at radius 2 is 1.70 bits per heavy atom. The van der Waals surface area contributed by atoms with E-state index in [2.05, 4.69) is 36.8 Å². The summed E-state index contributed by atoms with van der Waals surface area (Å²) in [7, 11) is 0. The Bertz CT molecular complexity index is 743. The maximum atomic E-state index is 4.71. The van der Waals surface area contributed by atoms with Crippen molar-refractivity contribution in [3.63, 3.8) is 0 Å². The minimum absolute atomic E-state index is 0.0408. The smallest absolute Gasteiger partial charge is 0.134 e. The Labute approximate surface area is 118 Å². The molecule has 0 aliphatic heterocycles. The van der Waals surface area contributed by atoms with Gasteiger partial charge in [-0.05, 0) is 29.3 Å². The maximum absolute atomic E-state index is 4.71. The molecule has 100 valence electrons. The molecule has 0 N–H and O–H groups in total. The summed E-state index contributed by atoms with van der Waals surface area (Å²) in [5.41, 5.74) is 3.23. The van der Waals surface area contributed by atoms with Gasteiger partial charge in [-0.3, -0.25) is 4.98 Å². The first kappa shape index (κ1) is 12.7. The summed E-state index contributed by atoms with van der Waals surface area (Å²) in [5, 5.41) is 1.08. The Morgan fingerprint density at radius 1 is 0.950 bits per heavy atom. The van der Waals surface area contributed by atoms with Crippen molar-refractivity contribution in [2.24, 2.45) is 0 Å². The minimum Gasteiger partial charge on any atom is -0.265 e. The standard InChI is InChI=1S/C17H17N3/c1-17(2,3)16-19-11-14-13(5-4-6-15(14)20-16)12-7-9-18-10-8-12/h4-11H,1-3H3. The van der Waals surface area contributed by atoms with Gasteiger partial charge in [0.05, 0.1) is 5.52 Å². The Balaban J connectivity index is 2.22. The van der Waals surface area contributed by atoms with Crippen molar-refractivity contribution in [1.82, 2.24) is 15.0 Å². The molecule has 3 rings (SSSR count). The number of nitrogens with zero attached hydrogens (tertiary/aromatic N) is 3. The molecule has 3 nitrogen and oxygen atoms in total. The second kappa shape index (κ2) is 4.67. The lowest BCUT2D eigenvalue weighted by molar-refractivity contribution is 0.548. The fourth-order valence-corrected chi connectivity index (χ4v) is 2.20. The van der Waals surface area contributed by atoms with Crippen LogP contribution in [0.4, 0.5) is 0 Å². The van der Waals surface area contributed by atoms with Crippen LogP contribution in [0.5, 0.6) is 0 Å². The van der Waals surface area contributed by atoms with Crippen LogP contribution < -0.4 is 0 Å².